The first-order valence-electron chi connectivity index (χ1n) is 21.1. The molecule has 0 spiro atoms. The summed E-state index contributed by atoms with van der Waals surface area (Å²) in [7, 11) is 0. The number of hydrogen-bond donors (Lipinski definition) is 1. The Kier molecular flexibility index (Phi) is 8.49. The Morgan fingerprint density at radius 2 is 0.839 bits per heavy atom. The van der Waals surface area contributed by atoms with Crippen molar-refractivity contribution in [2.45, 2.75) is 6.17 Å². The van der Waals surface area contributed by atoms with E-state index in [2.05, 4.69) is 233 Å². The molecule has 292 valence electrons. The predicted octanol–water partition coefficient (Wildman–Crippen LogP) is 13.8. The van der Waals surface area contributed by atoms with Crippen LogP contribution in [0.25, 0.3) is 82.7 Å². The van der Waals surface area contributed by atoms with Crippen LogP contribution in [0.2, 0.25) is 0 Å². The van der Waals surface area contributed by atoms with Crippen LogP contribution in [-0.2, 0) is 0 Å². The Bertz CT molecular complexity index is 3470. The minimum Gasteiger partial charge on any atom is -0.344 e. The van der Waals surface area contributed by atoms with Crippen molar-refractivity contribution in [3.05, 3.63) is 236 Å². The van der Waals surface area contributed by atoms with Crippen LogP contribution < -0.4 is 5.32 Å². The van der Waals surface area contributed by atoms with Crippen LogP contribution in [0, 0.1) is 0 Å². The molecule has 1 atom stereocenters. The molecule has 3 heterocycles. The second kappa shape index (κ2) is 14.8. The molecule has 5 nitrogen and oxygen atoms in total. The molecule has 62 heavy (non-hydrogen) atoms. The fourth-order valence-electron chi connectivity index (χ4n) is 9.42. The highest BCUT2D eigenvalue weighted by Gasteiger charge is 2.27. The first-order chi connectivity index (χ1) is 30.8. The first-order valence-corrected chi connectivity index (χ1v) is 21.1. The molecule has 0 fully saturated rings. The molecule has 0 bridgehead atoms. The van der Waals surface area contributed by atoms with E-state index in [1.165, 1.54) is 38.4 Å². The maximum absolute atomic E-state index is 5.41. The largest absolute Gasteiger partial charge is 0.344 e. The number of nitrogens with zero attached hydrogens (tertiary/aromatic N) is 4. The fourth-order valence-corrected chi connectivity index (χ4v) is 9.42. The predicted molar refractivity (Wildman–Crippen MR) is 258 cm³/mol. The van der Waals surface area contributed by atoms with Gasteiger partial charge in [-0.3, -0.25) is 4.57 Å². The molecule has 0 saturated carbocycles. The van der Waals surface area contributed by atoms with Gasteiger partial charge in [-0.1, -0.05) is 194 Å². The van der Waals surface area contributed by atoms with E-state index in [9.17, 15) is 0 Å². The molecule has 0 radical (unpaired) electrons. The quantitative estimate of drug-likeness (QED) is 0.179. The van der Waals surface area contributed by atoms with Crippen molar-refractivity contribution >= 4 is 55.4 Å². The van der Waals surface area contributed by atoms with E-state index in [1.807, 2.05) is 6.07 Å². The average Bonchev–Trinajstić information content (AvgIpc) is 3.87. The van der Waals surface area contributed by atoms with Crippen LogP contribution in [0.5, 0.6) is 0 Å². The van der Waals surface area contributed by atoms with E-state index in [0.29, 0.717) is 5.96 Å². The third-order valence-corrected chi connectivity index (χ3v) is 12.2. The average molecular weight is 794 g/mol. The van der Waals surface area contributed by atoms with E-state index < -0.39 is 0 Å². The maximum atomic E-state index is 5.41. The van der Waals surface area contributed by atoms with E-state index >= 15 is 0 Å². The molecular formula is C57H39N5. The highest BCUT2D eigenvalue weighted by atomic mass is 15.3. The van der Waals surface area contributed by atoms with Gasteiger partial charge in [0.05, 0.1) is 27.8 Å². The normalized spacial score (nSPS) is 14.0. The number of rotatable bonds is 6. The van der Waals surface area contributed by atoms with Gasteiger partial charge in [-0.15, -0.1) is 0 Å². The summed E-state index contributed by atoms with van der Waals surface area (Å²) in [6.45, 7) is 0. The Hall–Kier alpha value is -8.28. The molecule has 11 aromatic rings. The highest BCUT2D eigenvalue weighted by Crippen LogP contribution is 2.45. The lowest BCUT2D eigenvalue weighted by atomic mass is 9.95. The van der Waals surface area contributed by atoms with Gasteiger partial charge in [0.15, 0.2) is 0 Å². The van der Waals surface area contributed by atoms with Gasteiger partial charge in [0.2, 0.25) is 5.96 Å². The number of para-hydroxylation sites is 3. The summed E-state index contributed by atoms with van der Waals surface area (Å²) < 4.78 is 4.76. The first kappa shape index (κ1) is 35.6. The molecule has 0 amide bonds. The Labute approximate surface area is 359 Å². The summed E-state index contributed by atoms with van der Waals surface area (Å²) in [4.78, 5) is 10.8. The van der Waals surface area contributed by atoms with Crippen molar-refractivity contribution in [3.8, 4) is 39.1 Å². The zero-order chi connectivity index (χ0) is 41.0. The summed E-state index contributed by atoms with van der Waals surface area (Å²) in [5, 5.41) is 8.42. The molecule has 12 rings (SSSR count). The van der Waals surface area contributed by atoms with Gasteiger partial charge in [0.25, 0.3) is 0 Å². The third kappa shape index (κ3) is 5.86. The van der Waals surface area contributed by atoms with Crippen molar-refractivity contribution in [3.63, 3.8) is 0 Å². The van der Waals surface area contributed by atoms with E-state index in [-0.39, 0.29) is 6.17 Å². The monoisotopic (exact) mass is 793 g/mol. The van der Waals surface area contributed by atoms with E-state index in [0.717, 1.165) is 61.2 Å². The van der Waals surface area contributed by atoms with Crippen molar-refractivity contribution in [2.24, 2.45) is 9.98 Å². The minimum atomic E-state index is -0.355. The lowest BCUT2D eigenvalue weighted by Gasteiger charge is -2.24. The fraction of sp³-hybridized carbons (Fsp3) is 0.0175. The molecule has 1 unspecified atom stereocenters. The van der Waals surface area contributed by atoms with Crippen LogP contribution in [0.1, 0.15) is 17.3 Å². The van der Waals surface area contributed by atoms with Crippen LogP contribution in [0.3, 0.4) is 0 Å². The van der Waals surface area contributed by atoms with Gasteiger partial charge in [-0.05, 0) is 58.1 Å². The van der Waals surface area contributed by atoms with Crippen LogP contribution in [0.15, 0.2) is 234 Å². The topological polar surface area (TPSA) is 46.6 Å². The van der Waals surface area contributed by atoms with Gasteiger partial charge >= 0.3 is 0 Å². The number of nitrogens with one attached hydrogen (secondary N) is 1. The Balaban J connectivity index is 1.14. The van der Waals surface area contributed by atoms with Crippen LogP contribution in [-0.4, -0.2) is 20.9 Å². The summed E-state index contributed by atoms with van der Waals surface area (Å²) in [5.74, 6) is 1.41. The van der Waals surface area contributed by atoms with Crippen LogP contribution >= 0.6 is 0 Å². The molecule has 0 saturated heterocycles. The van der Waals surface area contributed by atoms with Crippen molar-refractivity contribution < 1.29 is 0 Å². The van der Waals surface area contributed by atoms with Crippen molar-refractivity contribution in [1.82, 2.24) is 14.5 Å². The number of amidine groups is 1. The molecule has 1 N–H and O–H groups in total. The number of aromatic nitrogens is 2. The number of benzene rings is 9. The molecule has 9 aromatic carbocycles. The maximum Gasteiger partial charge on any atom is 0.234 e. The zero-order valence-corrected chi connectivity index (χ0v) is 33.7. The minimum absolute atomic E-state index is 0.355. The lowest BCUT2D eigenvalue weighted by Crippen LogP contribution is -2.35. The second-order valence-electron chi connectivity index (χ2n) is 15.8. The molecule has 0 aliphatic carbocycles. The van der Waals surface area contributed by atoms with Crippen molar-refractivity contribution in [1.29, 1.82) is 0 Å². The van der Waals surface area contributed by atoms with Crippen molar-refractivity contribution in [2.75, 3.05) is 0 Å². The van der Waals surface area contributed by atoms with Gasteiger partial charge in [0.1, 0.15) is 12.0 Å². The zero-order valence-electron chi connectivity index (χ0n) is 33.7. The second-order valence-corrected chi connectivity index (χ2v) is 15.8. The molecule has 5 heteroatoms. The standard InChI is InChI=1S/C57H39N5/c1-5-19-38(20-6-1)42-27-17-28-43(37-42)56-58-55(41-25-11-4-12-26-41)59-57(60-56)62-49-34-16-14-30-47(49)53-51(62)36-35-50-52(53)46-29-13-15-33-48(46)61(50)54-44(39-21-7-2-8-22-39)31-18-32-45(54)40-23-9-3-10-24-40/h1-37,55H,(H,58,59,60). The molecular weight excluding hydrogens is 755 g/mol. The summed E-state index contributed by atoms with van der Waals surface area (Å²) >= 11 is 0. The molecule has 1 aliphatic heterocycles. The number of aliphatic imine (C=N–C) groups is 2. The number of fused-ring (bicyclic) bond motifs is 7. The van der Waals surface area contributed by atoms with Gasteiger partial charge < -0.3 is 9.88 Å². The highest BCUT2D eigenvalue weighted by molar-refractivity contribution is 6.30. The van der Waals surface area contributed by atoms with E-state index in [4.69, 9.17) is 9.98 Å². The van der Waals surface area contributed by atoms with Gasteiger partial charge in [-0.25, -0.2) is 4.99 Å². The molecule has 2 aromatic heterocycles. The SMILES string of the molecule is c1ccc(-c2cccc(C3=NC(n4c5ccccc5c5c6c7ccccc7n(-c7c(-c8ccccc8)cccc7-c7ccccc7)c6ccc54)=NC(c4ccccc4)N3)c2)cc1. The molecule has 1 aliphatic rings. The van der Waals surface area contributed by atoms with Crippen LogP contribution in [0.4, 0.5) is 0 Å². The Morgan fingerprint density at radius 3 is 1.45 bits per heavy atom. The lowest BCUT2D eigenvalue weighted by molar-refractivity contribution is 0.668. The van der Waals surface area contributed by atoms with E-state index in [1.54, 1.807) is 0 Å². The summed E-state index contributed by atoms with van der Waals surface area (Å²) in [6.07, 6.45) is -0.355. The smallest absolute Gasteiger partial charge is 0.234 e. The summed E-state index contributed by atoms with van der Waals surface area (Å²) in [6, 6.07) is 79.9. The van der Waals surface area contributed by atoms with Gasteiger partial charge in [-0.2, -0.15) is 4.99 Å². The van der Waals surface area contributed by atoms with Gasteiger partial charge in [0, 0.05) is 38.2 Å². The third-order valence-electron chi connectivity index (χ3n) is 12.2. The summed E-state index contributed by atoms with van der Waals surface area (Å²) in [5.41, 5.74) is 14.6. The number of hydrogen-bond acceptors (Lipinski definition) is 3. The Morgan fingerprint density at radius 1 is 0.371 bits per heavy atom.